The van der Waals surface area contributed by atoms with Gasteiger partial charge in [0.2, 0.25) is 0 Å². The van der Waals surface area contributed by atoms with Gasteiger partial charge in [-0.25, -0.2) is 4.98 Å². The van der Waals surface area contributed by atoms with Crippen molar-refractivity contribution in [1.82, 2.24) is 15.2 Å². The summed E-state index contributed by atoms with van der Waals surface area (Å²) in [5.74, 6) is 0. The summed E-state index contributed by atoms with van der Waals surface area (Å²) >= 11 is 1.79. The monoisotopic (exact) mass is 225 g/mol. The van der Waals surface area contributed by atoms with E-state index >= 15 is 0 Å². The maximum Gasteiger partial charge on any atom is 0.0928 e. The summed E-state index contributed by atoms with van der Waals surface area (Å²) in [5, 5.41) is 6.81. The van der Waals surface area contributed by atoms with Gasteiger partial charge in [0, 0.05) is 43.7 Å². The number of piperazine rings is 1. The highest BCUT2D eigenvalue weighted by molar-refractivity contribution is 7.09. The Bertz CT molecular complexity index is 292. The summed E-state index contributed by atoms with van der Waals surface area (Å²) in [4.78, 5) is 7.02. The van der Waals surface area contributed by atoms with Gasteiger partial charge in [-0.1, -0.05) is 0 Å². The van der Waals surface area contributed by atoms with E-state index < -0.39 is 0 Å². The van der Waals surface area contributed by atoms with Crippen molar-refractivity contribution in [3.63, 3.8) is 0 Å². The van der Waals surface area contributed by atoms with Crippen LogP contribution in [-0.2, 0) is 6.42 Å². The molecule has 0 aromatic carbocycles. The number of nitrogens with zero attached hydrogens (tertiary/aromatic N) is 2. The van der Waals surface area contributed by atoms with Crippen LogP contribution in [0.15, 0.2) is 5.38 Å². The molecule has 1 aromatic heterocycles. The Hall–Kier alpha value is -0.450. The van der Waals surface area contributed by atoms with Crippen LogP contribution in [0.25, 0.3) is 0 Å². The Balaban J connectivity index is 1.65. The largest absolute Gasteiger partial charge is 0.314 e. The first kappa shape index (κ1) is 11.0. The van der Waals surface area contributed by atoms with E-state index in [9.17, 15) is 0 Å². The molecule has 0 unspecified atom stereocenters. The SMILES string of the molecule is Cc1csc(CCCN2CCNCC2)n1. The van der Waals surface area contributed by atoms with E-state index in [1.165, 1.54) is 31.1 Å². The molecule has 0 bridgehead atoms. The second-order valence-corrected chi connectivity index (χ2v) is 5.02. The van der Waals surface area contributed by atoms with E-state index in [2.05, 4.69) is 27.5 Å². The third-order valence-corrected chi connectivity index (χ3v) is 3.77. The molecule has 1 saturated heterocycles. The second-order valence-electron chi connectivity index (χ2n) is 4.08. The van der Waals surface area contributed by atoms with Crippen LogP contribution in [0.2, 0.25) is 0 Å². The zero-order valence-electron chi connectivity index (χ0n) is 9.33. The van der Waals surface area contributed by atoms with Crippen molar-refractivity contribution < 1.29 is 0 Å². The summed E-state index contributed by atoms with van der Waals surface area (Å²) in [6, 6.07) is 0. The van der Waals surface area contributed by atoms with Crippen molar-refractivity contribution in [2.24, 2.45) is 0 Å². The van der Waals surface area contributed by atoms with Crippen molar-refractivity contribution in [1.29, 1.82) is 0 Å². The van der Waals surface area contributed by atoms with E-state index in [-0.39, 0.29) is 0 Å². The molecule has 1 aliphatic heterocycles. The van der Waals surface area contributed by atoms with Crippen LogP contribution >= 0.6 is 11.3 Å². The van der Waals surface area contributed by atoms with Gasteiger partial charge in [-0.05, 0) is 19.9 Å². The van der Waals surface area contributed by atoms with Gasteiger partial charge < -0.3 is 10.2 Å². The first-order valence-corrected chi connectivity index (χ1v) is 6.56. The number of hydrogen-bond donors (Lipinski definition) is 1. The summed E-state index contributed by atoms with van der Waals surface area (Å²) in [6.07, 6.45) is 2.38. The lowest BCUT2D eigenvalue weighted by Crippen LogP contribution is -2.43. The first-order valence-electron chi connectivity index (χ1n) is 5.69. The fourth-order valence-corrected chi connectivity index (χ4v) is 2.72. The number of hydrogen-bond acceptors (Lipinski definition) is 4. The maximum absolute atomic E-state index is 4.48. The second kappa shape index (κ2) is 5.58. The predicted molar refractivity (Wildman–Crippen MR) is 64.5 cm³/mol. The number of nitrogens with one attached hydrogen (secondary N) is 1. The van der Waals surface area contributed by atoms with Crippen molar-refractivity contribution in [3.05, 3.63) is 16.1 Å². The maximum atomic E-state index is 4.48. The predicted octanol–water partition coefficient (Wildman–Crippen LogP) is 1.29. The Labute approximate surface area is 95.5 Å². The molecular weight excluding hydrogens is 206 g/mol. The van der Waals surface area contributed by atoms with Crippen LogP contribution in [0.1, 0.15) is 17.1 Å². The van der Waals surface area contributed by atoms with E-state index in [0.717, 1.165) is 25.2 Å². The van der Waals surface area contributed by atoms with E-state index in [0.29, 0.717) is 0 Å². The molecule has 15 heavy (non-hydrogen) atoms. The molecule has 0 aliphatic carbocycles. The third-order valence-electron chi connectivity index (χ3n) is 2.74. The van der Waals surface area contributed by atoms with Crippen molar-refractivity contribution in [2.75, 3.05) is 32.7 Å². The third kappa shape index (κ3) is 3.55. The van der Waals surface area contributed by atoms with Gasteiger partial charge in [-0.15, -0.1) is 11.3 Å². The van der Waals surface area contributed by atoms with Gasteiger partial charge in [-0.2, -0.15) is 0 Å². The van der Waals surface area contributed by atoms with Crippen LogP contribution in [0, 0.1) is 6.92 Å². The Kier molecular flexibility index (Phi) is 4.11. The molecule has 84 valence electrons. The molecule has 1 fully saturated rings. The minimum atomic E-state index is 1.14. The first-order chi connectivity index (χ1) is 7.34. The topological polar surface area (TPSA) is 28.2 Å². The van der Waals surface area contributed by atoms with Crippen LogP contribution in [0.5, 0.6) is 0 Å². The molecule has 1 aliphatic rings. The van der Waals surface area contributed by atoms with Crippen molar-refractivity contribution in [3.8, 4) is 0 Å². The highest BCUT2D eigenvalue weighted by atomic mass is 32.1. The molecule has 4 heteroatoms. The number of aryl methyl sites for hydroxylation is 2. The Morgan fingerprint density at radius 3 is 2.93 bits per heavy atom. The molecule has 0 amide bonds. The minimum absolute atomic E-state index is 1.14. The average Bonchev–Trinajstić information content (AvgIpc) is 2.66. The minimum Gasteiger partial charge on any atom is -0.314 e. The number of aromatic nitrogens is 1. The molecule has 1 N–H and O–H groups in total. The Morgan fingerprint density at radius 1 is 1.47 bits per heavy atom. The lowest BCUT2D eigenvalue weighted by atomic mass is 10.2. The smallest absolute Gasteiger partial charge is 0.0928 e. The fourth-order valence-electron chi connectivity index (χ4n) is 1.91. The zero-order chi connectivity index (χ0) is 10.5. The number of thiazole rings is 1. The number of rotatable bonds is 4. The molecule has 2 rings (SSSR count). The van der Waals surface area contributed by atoms with E-state index in [4.69, 9.17) is 0 Å². The highest BCUT2D eigenvalue weighted by Crippen LogP contribution is 2.11. The quantitative estimate of drug-likeness (QED) is 0.837. The van der Waals surface area contributed by atoms with Crippen molar-refractivity contribution >= 4 is 11.3 Å². The standard InChI is InChI=1S/C11H19N3S/c1-10-9-15-11(13-10)3-2-6-14-7-4-12-5-8-14/h9,12H,2-8H2,1H3. The molecule has 1 aromatic rings. The van der Waals surface area contributed by atoms with Crippen LogP contribution in [-0.4, -0.2) is 42.6 Å². The van der Waals surface area contributed by atoms with E-state index in [1.807, 2.05) is 0 Å². The molecule has 0 atom stereocenters. The fraction of sp³-hybridized carbons (Fsp3) is 0.727. The highest BCUT2D eigenvalue weighted by Gasteiger charge is 2.08. The molecular formula is C11H19N3S. The van der Waals surface area contributed by atoms with Gasteiger partial charge in [0.15, 0.2) is 0 Å². The Morgan fingerprint density at radius 2 is 2.27 bits per heavy atom. The normalized spacial score (nSPS) is 18.2. The average molecular weight is 225 g/mol. The van der Waals surface area contributed by atoms with E-state index in [1.54, 1.807) is 11.3 Å². The summed E-state index contributed by atoms with van der Waals surface area (Å²) in [5.41, 5.74) is 1.16. The van der Waals surface area contributed by atoms with Crippen LogP contribution in [0.4, 0.5) is 0 Å². The van der Waals surface area contributed by atoms with Gasteiger partial charge >= 0.3 is 0 Å². The van der Waals surface area contributed by atoms with Crippen molar-refractivity contribution in [2.45, 2.75) is 19.8 Å². The lowest BCUT2D eigenvalue weighted by molar-refractivity contribution is 0.238. The summed E-state index contributed by atoms with van der Waals surface area (Å²) in [7, 11) is 0. The molecule has 2 heterocycles. The zero-order valence-corrected chi connectivity index (χ0v) is 10.1. The lowest BCUT2D eigenvalue weighted by Gasteiger charge is -2.26. The molecule has 0 saturated carbocycles. The van der Waals surface area contributed by atoms with Gasteiger partial charge in [0.1, 0.15) is 0 Å². The molecule has 0 radical (unpaired) electrons. The van der Waals surface area contributed by atoms with Gasteiger partial charge in [0.05, 0.1) is 5.01 Å². The van der Waals surface area contributed by atoms with Gasteiger partial charge in [-0.3, -0.25) is 0 Å². The molecule has 0 spiro atoms. The van der Waals surface area contributed by atoms with Crippen LogP contribution in [0.3, 0.4) is 0 Å². The summed E-state index contributed by atoms with van der Waals surface area (Å²) in [6.45, 7) is 8.00. The van der Waals surface area contributed by atoms with Gasteiger partial charge in [0.25, 0.3) is 0 Å². The summed E-state index contributed by atoms with van der Waals surface area (Å²) < 4.78 is 0. The van der Waals surface area contributed by atoms with Crippen LogP contribution < -0.4 is 5.32 Å². The molecule has 3 nitrogen and oxygen atoms in total.